The summed E-state index contributed by atoms with van der Waals surface area (Å²) in [4.78, 5) is 13.8. The Labute approximate surface area is 127 Å². The molecule has 0 aromatic carbocycles. The van der Waals surface area contributed by atoms with E-state index in [1.807, 2.05) is 6.07 Å². The summed E-state index contributed by atoms with van der Waals surface area (Å²) in [6, 6.07) is 3.42. The van der Waals surface area contributed by atoms with Crippen LogP contribution in [0.3, 0.4) is 0 Å². The van der Waals surface area contributed by atoms with Crippen LogP contribution in [0, 0.1) is 10.1 Å². The topological polar surface area (TPSA) is 55.6 Å². The number of allylic oxidation sites excluding steroid dienone is 2. The number of thiophene rings is 1. The molecule has 5 nitrogen and oxygen atoms in total. The number of ether oxygens (including phenoxy) is 1. The third kappa shape index (κ3) is 3.33. The highest BCUT2D eigenvalue weighted by atomic mass is 32.1. The fraction of sp³-hybridized carbons (Fsp3) is 0.467. The van der Waals surface area contributed by atoms with Gasteiger partial charge in [0, 0.05) is 29.7 Å². The third-order valence-corrected chi connectivity index (χ3v) is 4.76. The summed E-state index contributed by atoms with van der Waals surface area (Å²) in [7, 11) is 0. The largest absolute Gasteiger partial charge is 0.378 e. The second kappa shape index (κ2) is 6.41. The highest BCUT2D eigenvalue weighted by Gasteiger charge is 2.19. The molecular weight excluding hydrogens is 288 g/mol. The normalized spacial score (nSPS) is 21.4. The minimum atomic E-state index is -0.327. The maximum Gasteiger partial charge on any atom is 0.324 e. The number of nitrogens with zero attached hydrogens (tertiary/aromatic N) is 2. The molecule has 0 unspecified atom stereocenters. The standard InChI is InChI=1S/C15H18N2O3S/c18-17(19)15-6-5-13(21-15)11-12-3-1-2-4-14(12)16-7-9-20-10-8-16/h4-6,11H,1-3,7-10H2. The summed E-state index contributed by atoms with van der Waals surface area (Å²) in [5.41, 5.74) is 2.58. The summed E-state index contributed by atoms with van der Waals surface area (Å²) in [5, 5.41) is 11.0. The minimum absolute atomic E-state index is 0.203. The first-order valence-corrected chi connectivity index (χ1v) is 8.04. The molecule has 0 atom stereocenters. The highest BCUT2D eigenvalue weighted by Crippen LogP contribution is 2.32. The van der Waals surface area contributed by atoms with Crippen LogP contribution in [-0.4, -0.2) is 36.1 Å². The molecule has 1 aliphatic heterocycles. The predicted molar refractivity (Wildman–Crippen MR) is 83.3 cm³/mol. The summed E-state index contributed by atoms with van der Waals surface area (Å²) in [6.45, 7) is 3.39. The Morgan fingerprint density at radius 2 is 2.14 bits per heavy atom. The molecule has 3 rings (SSSR count). The van der Waals surface area contributed by atoms with Crippen molar-refractivity contribution in [3.63, 3.8) is 0 Å². The zero-order chi connectivity index (χ0) is 14.7. The van der Waals surface area contributed by atoms with Crippen molar-refractivity contribution in [1.82, 2.24) is 4.90 Å². The smallest absolute Gasteiger partial charge is 0.324 e. The second-order valence-electron chi connectivity index (χ2n) is 5.18. The molecule has 0 bridgehead atoms. The van der Waals surface area contributed by atoms with Gasteiger partial charge >= 0.3 is 5.00 Å². The van der Waals surface area contributed by atoms with Crippen LogP contribution in [0.25, 0.3) is 6.08 Å². The van der Waals surface area contributed by atoms with Crippen molar-refractivity contribution in [1.29, 1.82) is 0 Å². The average molecular weight is 306 g/mol. The van der Waals surface area contributed by atoms with Gasteiger partial charge in [-0.15, -0.1) is 0 Å². The summed E-state index contributed by atoms with van der Waals surface area (Å²) < 4.78 is 5.41. The lowest BCUT2D eigenvalue weighted by atomic mass is 9.96. The Balaban J connectivity index is 1.83. The van der Waals surface area contributed by atoms with E-state index in [1.165, 1.54) is 22.6 Å². The lowest BCUT2D eigenvalue weighted by Gasteiger charge is -2.34. The zero-order valence-corrected chi connectivity index (χ0v) is 12.6. The molecule has 1 aromatic heterocycles. The molecule has 2 aliphatic rings. The van der Waals surface area contributed by atoms with Crippen LogP contribution >= 0.6 is 11.3 Å². The molecule has 0 N–H and O–H groups in total. The Hall–Kier alpha value is -1.66. The van der Waals surface area contributed by atoms with Gasteiger partial charge in [0.25, 0.3) is 0 Å². The van der Waals surface area contributed by atoms with Crippen molar-refractivity contribution < 1.29 is 9.66 Å². The second-order valence-corrected chi connectivity index (χ2v) is 6.28. The van der Waals surface area contributed by atoms with Gasteiger partial charge in [-0.3, -0.25) is 10.1 Å². The molecule has 0 spiro atoms. The van der Waals surface area contributed by atoms with Crippen molar-refractivity contribution in [3.05, 3.63) is 44.5 Å². The van der Waals surface area contributed by atoms with Gasteiger partial charge in [-0.2, -0.15) is 0 Å². The monoisotopic (exact) mass is 306 g/mol. The van der Waals surface area contributed by atoms with Gasteiger partial charge in [0.1, 0.15) is 0 Å². The first-order chi connectivity index (χ1) is 10.2. The SMILES string of the molecule is O=[N+]([O-])c1ccc(C=C2CCCC=C2N2CCOCC2)s1. The van der Waals surface area contributed by atoms with E-state index >= 15 is 0 Å². The Morgan fingerprint density at radius 3 is 2.86 bits per heavy atom. The van der Waals surface area contributed by atoms with E-state index < -0.39 is 0 Å². The van der Waals surface area contributed by atoms with Crippen molar-refractivity contribution >= 4 is 22.4 Å². The predicted octanol–water partition coefficient (Wildman–Crippen LogP) is 3.44. The lowest BCUT2D eigenvalue weighted by Crippen LogP contribution is -2.36. The number of hydrogen-bond acceptors (Lipinski definition) is 5. The van der Waals surface area contributed by atoms with Gasteiger partial charge in [-0.1, -0.05) is 17.4 Å². The number of morpholine rings is 1. The Kier molecular flexibility index (Phi) is 4.36. The van der Waals surface area contributed by atoms with E-state index in [9.17, 15) is 10.1 Å². The van der Waals surface area contributed by atoms with E-state index in [1.54, 1.807) is 6.07 Å². The Bertz CT molecular complexity index is 585. The molecule has 1 aliphatic carbocycles. The molecule has 112 valence electrons. The van der Waals surface area contributed by atoms with Gasteiger partial charge in [0.15, 0.2) is 0 Å². The maximum atomic E-state index is 10.8. The number of nitro groups is 1. The summed E-state index contributed by atoms with van der Waals surface area (Å²) in [6.07, 6.45) is 7.69. The minimum Gasteiger partial charge on any atom is -0.378 e. The quantitative estimate of drug-likeness (QED) is 0.634. The van der Waals surface area contributed by atoms with Gasteiger partial charge in [0.05, 0.1) is 18.1 Å². The molecule has 0 amide bonds. The fourth-order valence-electron chi connectivity index (χ4n) is 2.76. The fourth-order valence-corrected chi connectivity index (χ4v) is 3.55. The molecule has 1 fully saturated rings. The maximum absolute atomic E-state index is 10.8. The zero-order valence-electron chi connectivity index (χ0n) is 11.8. The van der Waals surface area contributed by atoms with E-state index in [0.717, 1.165) is 50.4 Å². The van der Waals surface area contributed by atoms with Gasteiger partial charge in [0.2, 0.25) is 0 Å². The van der Waals surface area contributed by atoms with E-state index in [2.05, 4.69) is 17.1 Å². The van der Waals surface area contributed by atoms with E-state index in [-0.39, 0.29) is 9.92 Å². The van der Waals surface area contributed by atoms with Crippen LogP contribution in [0.5, 0.6) is 0 Å². The van der Waals surface area contributed by atoms with Gasteiger partial charge in [-0.25, -0.2) is 0 Å². The van der Waals surface area contributed by atoms with E-state index in [4.69, 9.17) is 4.74 Å². The van der Waals surface area contributed by atoms with Crippen molar-refractivity contribution in [2.24, 2.45) is 0 Å². The first-order valence-electron chi connectivity index (χ1n) is 7.22. The summed E-state index contributed by atoms with van der Waals surface area (Å²) in [5.74, 6) is 0. The number of rotatable bonds is 3. The molecule has 21 heavy (non-hydrogen) atoms. The van der Waals surface area contributed by atoms with Crippen LogP contribution in [0.1, 0.15) is 24.1 Å². The average Bonchev–Trinajstić information content (AvgIpc) is 2.98. The number of hydrogen-bond donors (Lipinski definition) is 0. The van der Waals surface area contributed by atoms with Crippen molar-refractivity contribution in [2.45, 2.75) is 19.3 Å². The van der Waals surface area contributed by atoms with Crippen LogP contribution in [0.15, 0.2) is 29.5 Å². The molecule has 1 saturated heterocycles. The summed E-state index contributed by atoms with van der Waals surface area (Å²) >= 11 is 1.24. The molecule has 0 saturated carbocycles. The van der Waals surface area contributed by atoms with Gasteiger partial charge in [-0.05, 0) is 37.0 Å². The van der Waals surface area contributed by atoms with Crippen LogP contribution in [0.4, 0.5) is 5.00 Å². The van der Waals surface area contributed by atoms with Crippen LogP contribution in [0.2, 0.25) is 0 Å². The van der Waals surface area contributed by atoms with Crippen LogP contribution in [-0.2, 0) is 4.74 Å². The first kappa shape index (κ1) is 14.3. The van der Waals surface area contributed by atoms with Gasteiger partial charge < -0.3 is 9.64 Å². The van der Waals surface area contributed by atoms with E-state index in [0.29, 0.717) is 0 Å². The lowest BCUT2D eigenvalue weighted by molar-refractivity contribution is -0.380. The molecule has 1 aromatic rings. The molecule has 2 heterocycles. The van der Waals surface area contributed by atoms with Crippen molar-refractivity contribution in [2.75, 3.05) is 26.3 Å². The third-order valence-electron chi connectivity index (χ3n) is 3.78. The molecule has 6 heteroatoms. The molecular formula is C15H18N2O3S. The molecule has 0 radical (unpaired) electrons. The highest BCUT2D eigenvalue weighted by molar-refractivity contribution is 7.16. The van der Waals surface area contributed by atoms with Crippen LogP contribution < -0.4 is 0 Å². The Morgan fingerprint density at radius 1 is 1.33 bits per heavy atom. The van der Waals surface area contributed by atoms with Crippen molar-refractivity contribution in [3.8, 4) is 0 Å².